The van der Waals surface area contributed by atoms with Gasteiger partial charge in [0.25, 0.3) is 0 Å². The number of carboxylic acid groups (broad SMARTS) is 1. The van der Waals surface area contributed by atoms with E-state index in [0.29, 0.717) is 32.7 Å². The van der Waals surface area contributed by atoms with Crippen molar-refractivity contribution in [1.29, 1.82) is 0 Å². The zero-order valence-electron chi connectivity index (χ0n) is 16.9. The number of rotatable bonds is 4. The van der Waals surface area contributed by atoms with Crippen LogP contribution in [0.25, 0.3) is 10.9 Å². The number of aromatic carboxylic acids is 1. The van der Waals surface area contributed by atoms with Crippen molar-refractivity contribution in [2.24, 2.45) is 11.7 Å². The summed E-state index contributed by atoms with van der Waals surface area (Å²) in [4.78, 5) is 26.2. The number of halogens is 2. The number of ether oxygens (including phenoxy) is 2. The molecule has 1 saturated carbocycles. The van der Waals surface area contributed by atoms with Crippen LogP contribution in [0.15, 0.2) is 17.1 Å². The molecule has 3 aliphatic rings. The van der Waals surface area contributed by atoms with Crippen molar-refractivity contribution >= 4 is 22.6 Å². The number of pyridine rings is 1. The largest absolute Gasteiger partial charge is 0.492 e. The molecule has 1 aromatic heterocycles. The van der Waals surface area contributed by atoms with E-state index in [9.17, 15) is 19.1 Å². The first-order valence-corrected chi connectivity index (χ1v) is 10.2. The fourth-order valence-corrected chi connectivity index (χ4v) is 4.94. The van der Waals surface area contributed by atoms with Gasteiger partial charge in [0.1, 0.15) is 17.4 Å². The molecule has 3 N–H and O–H groups in total. The predicted octanol–water partition coefficient (Wildman–Crippen LogP) is 1.68. The fourth-order valence-electron chi connectivity index (χ4n) is 4.94. The third-order valence-electron chi connectivity index (χ3n) is 6.76. The van der Waals surface area contributed by atoms with Crippen molar-refractivity contribution in [2.45, 2.75) is 30.6 Å². The van der Waals surface area contributed by atoms with Gasteiger partial charge >= 0.3 is 5.97 Å². The quantitative estimate of drug-likeness (QED) is 0.753. The van der Waals surface area contributed by atoms with Gasteiger partial charge in [-0.15, -0.1) is 0 Å². The van der Waals surface area contributed by atoms with Gasteiger partial charge in [-0.1, -0.05) is 0 Å². The standard InChI is InChI=1S/C21H23F2N3O5/c1-30-19-16-11(18(27)12(20(28)29)7-26(16)15-5-13(15)22)4-14(23)17(19)25-6-10-8-31-3-2-21(10,24)9-25/h4,7,10,13,15H,2-3,5-6,8-9,24H2,1H3,(H,28,29)/t10-,13+,15-,21-/m1/s1. The molecule has 10 heteroatoms. The number of nitrogens with zero attached hydrogens (tertiary/aromatic N) is 2. The summed E-state index contributed by atoms with van der Waals surface area (Å²) in [6.45, 7) is 1.84. The highest BCUT2D eigenvalue weighted by atomic mass is 19.1. The molecule has 0 amide bonds. The second kappa shape index (κ2) is 6.89. The number of methoxy groups -OCH3 is 1. The molecule has 0 radical (unpaired) electrons. The van der Waals surface area contributed by atoms with E-state index in [1.807, 2.05) is 0 Å². The number of hydrogen-bond donors (Lipinski definition) is 2. The molecule has 1 aromatic carbocycles. The number of carbonyl (C=O) groups is 1. The maximum atomic E-state index is 15.4. The molecule has 0 spiro atoms. The lowest BCUT2D eigenvalue weighted by atomic mass is 9.84. The lowest BCUT2D eigenvalue weighted by molar-refractivity contribution is 0.0241. The van der Waals surface area contributed by atoms with Crippen molar-refractivity contribution < 1.29 is 28.2 Å². The number of carboxylic acids is 1. The van der Waals surface area contributed by atoms with Gasteiger partial charge in [-0.05, 0) is 12.5 Å². The number of anilines is 1. The number of nitrogens with two attached hydrogens (primary N) is 1. The summed E-state index contributed by atoms with van der Waals surface area (Å²) in [5.74, 6) is -2.08. The molecule has 3 fully saturated rings. The summed E-state index contributed by atoms with van der Waals surface area (Å²) < 4.78 is 41.9. The number of alkyl halides is 1. The van der Waals surface area contributed by atoms with Crippen LogP contribution in [0.5, 0.6) is 5.75 Å². The summed E-state index contributed by atoms with van der Waals surface area (Å²) >= 11 is 0. The Labute approximate surface area is 176 Å². The van der Waals surface area contributed by atoms with E-state index in [2.05, 4.69) is 0 Å². The minimum absolute atomic E-state index is 0.0105. The van der Waals surface area contributed by atoms with E-state index in [1.165, 1.54) is 11.7 Å². The molecule has 2 saturated heterocycles. The van der Waals surface area contributed by atoms with E-state index in [-0.39, 0.29) is 34.7 Å². The Balaban J connectivity index is 1.74. The average molecular weight is 435 g/mol. The Kier molecular flexibility index (Phi) is 4.49. The summed E-state index contributed by atoms with van der Waals surface area (Å²) in [5, 5.41) is 9.27. The average Bonchev–Trinajstić information content (AvgIpc) is 3.33. The molecule has 2 aliphatic heterocycles. The van der Waals surface area contributed by atoms with Crippen LogP contribution in [0, 0.1) is 11.7 Å². The van der Waals surface area contributed by atoms with Gasteiger partial charge in [0.2, 0.25) is 5.43 Å². The van der Waals surface area contributed by atoms with Crippen LogP contribution in [0.4, 0.5) is 14.5 Å². The van der Waals surface area contributed by atoms with Crippen molar-refractivity contribution in [2.75, 3.05) is 38.3 Å². The second-order valence-corrected chi connectivity index (χ2v) is 8.68. The topological polar surface area (TPSA) is 107 Å². The van der Waals surface area contributed by atoms with Crippen LogP contribution in [0.3, 0.4) is 0 Å². The van der Waals surface area contributed by atoms with E-state index < -0.39 is 40.5 Å². The van der Waals surface area contributed by atoms with E-state index in [1.54, 1.807) is 4.90 Å². The van der Waals surface area contributed by atoms with Crippen LogP contribution >= 0.6 is 0 Å². The smallest absolute Gasteiger partial charge is 0.341 e. The van der Waals surface area contributed by atoms with E-state index >= 15 is 4.39 Å². The van der Waals surface area contributed by atoms with Crippen LogP contribution in [0.1, 0.15) is 29.2 Å². The van der Waals surface area contributed by atoms with Crippen LogP contribution in [-0.2, 0) is 4.74 Å². The van der Waals surface area contributed by atoms with Crippen LogP contribution in [0.2, 0.25) is 0 Å². The molecule has 0 unspecified atom stereocenters. The number of fused-ring (bicyclic) bond motifs is 2. The van der Waals surface area contributed by atoms with Crippen molar-refractivity contribution in [3.63, 3.8) is 0 Å². The van der Waals surface area contributed by atoms with Crippen LogP contribution < -0.4 is 20.8 Å². The monoisotopic (exact) mass is 435 g/mol. The number of hydrogen-bond acceptors (Lipinski definition) is 6. The molecular formula is C21H23F2N3O5. The minimum Gasteiger partial charge on any atom is -0.492 e. The van der Waals surface area contributed by atoms with Crippen molar-refractivity contribution in [3.8, 4) is 5.75 Å². The zero-order valence-corrected chi connectivity index (χ0v) is 16.9. The summed E-state index contributed by atoms with van der Waals surface area (Å²) in [6, 6.07) is 0.388. The summed E-state index contributed by atoms with van der Waals surface area (Å²) in [7, 11) is 1.35. The normalized spacial score (nSPS) is 29.8. The maximum absolute atomic E-state index is 15.4. The Morgan fingerprint density at radius 3 is 2.81 bits per heavy atom. The molecule has 0 bridgehead atoms. The highest BCUT2D eigenvalue weighted by Crippen LogP contribution is 2.47. The van der Waals surface area contributed by atoms with Gasteiger partial charge in [-0.25, -0.2) is 13.6 Å². The molecule has 4 atom stereocenters. The highest BCUT2D eigenvalue weighted by molar-refractivity contribution is 5.97. The number of aromatic nitrogens is 1. The lowest BCUT2D eigenvalue weighted by Gasteiger charge is -2.34. The Morgan fingerprint density at radius 2 is 2.19 bits per heavy atom. The second-order valence-electron chi connectivity index (χ2n) is 8.68. The predicted molar refractivity (Wildman–Crippen MR) is 108 cm³/mol. The SMILES string of the molecule is COc1c(N2C[C@@H]3COCC[C@@]3(N)C2)c(F)cc2c(=O)c(C(=O)O)cn([C@@H]3C[C@@H]3F)c12. The van der Waals surface area contributed by atoms with Crippen molar-refractivity contribution in [3.05, 3.63) is 33.9 Å². The van der Waals surface area contributed by atoms with Gasteiger partial charge in [0.15, 0.2) is 11.6 Å². The highest BCUT2D eigenvalue weighted by Gasteiger charge is 2.47. The molecule has 166 valence electrons. The molecule has 2 aromatic rings. The Morgan fingerprint density at radius 1 is 1.45 bits per heavy atom. The lowest BCUT2D eigenvalue weighted by Crippen LogP contribution is -2.52. The Hall–Kier alpha value is -2.72. The van der Waals surface area contributed by atoms with Gasteiger partial charge < -0.3 is 29.8 Å². The molecule has 1 aliphatic carbocycles. The first-order valence-electron chi connectivity index (χ1n) is 10.2. The van der Waals surface area contributed by atoms with Crippen molar-refractivity contribution in [1.82, 2.24) is 4.57 Å². The van der Waals surface area contributed by atoms with Gasteiger partial charge in [-0.3, -0.25) is 4.79 Å². The summed E-state index contributed by atoms with van der Waals surface area (Å²) in [5.41, 5.74) is 5.00. The molecule has 8 nitrogen and oxygen atoms in total. The fraction of sp³-hybridized carbons (Fsp3) is 0.524. The first-order chi connectivity index (χ1) is 14.7. The van der Waals surface area contributed by atoms with E-state index in [0.717, 1.165) is 12.3 Å². The van der Waals surface area contributed by atoms with Crippen LogP contribution in [-0.4, -0.2) is 60.8 Å². The third kappa shape index (κ3) is 3.00. The first kappa shape index (κ1) is 20.2. The molecule has 5 rings (SSSR count). The minimum atomic E-state index is -1.45. The van der Waals surface area contributed by atoms with E-state index in [4.69, 9.17) is 15.2 Å². The van der Waals surface area contributed by atoms with Gasteiger partial charge in [0.05, 0.1) is 30.7 Å². The maximum Gasteiger partial charge on any atom is 0.341 e. The van der Waals surface area contributed by atoms with Gasteiger partial charge in [-0.2, -0.15) is 0 Å². The Bertz CT molecular complexity index is 1150. The number of benzene rings is 1. The zero-order chi connectivity index (χ0) is 22.1. The third-order valence-corrected chi connectivity index (χ3v) is 6.76. The molecule has 31 heavy (non-hydrogen) atoms. The molecular weight excluding hydrogens is 412 g/mol. The van der Waals surface area contributed by atoms with Gasteiger partial charge in [0, 0.05) is 43.8 Å². The molecule has 3 heterocycles. The summed E-state index contributed by atoms with van der Waals surface area (Å²) in [6.07, 6.45) is 0.778.